The van der Waals surface area contributed by atoms with E-state index in [1.807, 2.05) is 6.92 Å². The molecule has 0 aliphatic heterocycles. The van der Waals surface area contributed by atoms with Crippen molar-refractivity contribution in [1.29, 1.82) is 0 Å². The van der Waals surface area contributed by atoms with Crippen molar-refractivity contribution in [1.82, 2.24) is 19.9 Å². The molecule has 2 aromatic rings. The van der Waals surface area contributed by atoms with Crippen LogP contribution < -0.4 is 5.32 Å². The number of H-pyrrole nitrogens is 1. The fraction of sp³-hybridized carbons (Fsp3) is 0.375. The quantitative estimate of drug-likeness (QED) is 0.616. The average molecular weight is 227 g/mol. The van der Waals surface area contributed by atoms with E-state index in [1.54, 1.807) is 0 Å². The Morgan fingerprint density at radius 2 is 2.40 bits per heavy atom. The number of aromatic amines is 1. The van der Waals surface area contributed by atoms with E-state index in [-0.39, 0.29) is 5.78 Å². The number of hydrogen-bond donors (Lipinski definition) is 2. The molecule has 2 aromatic heterocycles. The topological polar surface area (TPSA) is 66.5 Å². The van der Waals surface area contributed by atoms with Crippen molar-refractivity contribution in [2.45, 2.75) is 19.1 Å². The van der Waals surface area contributed by atoms with E-state index in [4.69, 9.17) is 0 Å². The molecule has 0 saturated carbocycles. The van der Waals surface area contributed by atoms with E-state index >= 15 is 0 Å². The molecule has 0 radical (unpaired) electrons. The fourth-order valence-corrected chi connectivity index (χ4v) is 1.35. The Balaban J connectivity index is 2.44. The molecule has 2 heterocycles. The van der Waals surface area contributed by atoms with E-state index in [1.165, 1.54) is 6.33 Å². The van der Waals surface area contributed by atoms with Crippen LogP contribution in [-0.4, -0.2) is 25.7 Å². The van der Waals surface area contributed by atoms with Crippen LogP contribution in [0.3, 0.4) is 0 Å². The molecular formula is C8H11FN5P. The first kappa shape index (κ1) is 10.2. The van der Waals surface area contributed by atoms with E-state index in [9.17, 15) is 4.39 Å². The van der Waals surface area contributed by atoms with Gasteiger partial charge in [-0.2, -0.15) is 14.4 Å². The van der Waals surface area contributed by atoms with Gasteiger partial charge in [0.15, 0.2) is 11.5 Å². The molecule has 1 unspecified atom stereocenters. The van der Waals surface area contributed by atoms with Crippen LogP contribution in [0.15, 0.2) is 6.33 Å². The Morgan fingerprint density at radius 1 is 1.60 bits per heavy atom. The van der Waals surface area contributed by atoms with Gasteiger partial charge in [0.2, 0.25) is 0 Å². The highest BCUT2D eigenvalue weighted by Crippen LogP contribution is 2.18. The second-order valence-electron chi connectivity index (χ2n) is 3.10. The molecule has 80 valence electrons. The molecule has 0 aliphatic rings. The minimum atomic E-state index is -0.773. The first-order valence-electron chi connectivity index (χ1n) is 4.59. The van der Waals surface area contributed by atoms with Crippen LogP contribution in [0, 0.1) is 6.08 Å². The molecule has 5 nitrogen and oxygen atoms in total. The Morgan fingerprint density at radius 3 is 3.13 bits per heavy atom. The van der Waals surface area contributed by atoms with E-state index < -0.39 is 6.08 Å². The molecule has 0 saturated heterocycles. The lowest BCUT2D eigenvalue weighted by atomic mass is 10.4. The van der Waals surface area contributed by atoms with Crippen LogP contribution in [-0.2, 0) is 0 Å². The lowest BCUT2D eigenvalue weighted by molar-refractivity contribution is 0.545. The minimum Gasteiger partial charge on any atom is -0.362 e. The van der Waals surface area contributed by atoms with Crippen LogP contribution in [0.4, 0.5) is 10.2 Å². The van der Waals surface area contributed by atoms with E-state index in [2.05, 4.69) is 34.5 Å². The van der Waals surface area contributed by atoms with Crippen molar-refractivity contribution < 1.29 is 4.39 Å². The lowest BCUT2D eigenvalue weighted by Crippen LogP contribution is -2.12. The summed E-state index contributed by atoms with van der Waals surface area (Å²) in [5, 5.41) is 3.06. The van der Waals surface area contributed by atoms with Gasteiger partial charge in [-0.1, -0.05) is 6.92 Å². The number of nitrogens with one attached hydrogen (secondary N) is 2. The summed E-state index contributed by atoms with van der Waals surface area (Å²) in [6.45, 7) is 2.02. The predicted molar refractivity (Wildman–Crippen MR) is 59.1 cm³/mol. The van der Waals surface area contributed by atoms with Crippen molar-refractivity contribution in [3.63, 3.8) is 0 Å². The highest BCUT2D eigenvalue weighted by molar-refractivity contribution is 7.17. The molecule has 0 amide bonds. The number of hydrogen-bond acceptors (Lipinski definition) is 4. The van der Waals surface area contributed by atoms with Gasteiger partial charge in [0.1, 0.15) is 5.52 Å². The summed E-state index contributed by atoms with van der Waals surface area (Å²) in [4.78, 5) is 14.0. The summed E-state index contributed by atoms with van der Waals surface area (Å²) in [6, 6.07) is 0. The Kier molecular flexibility index (Phi) is 2.77. The number of rotatable bonds is 3. The lowest BCUT2D eigenvalue weighted by Gasteiger charge is -2.11. The Bertz CT molecular complexity index is 471. The van der Waals surface area contributed by atoms with Crippen molar-refractivity contribution in [3.8, 4) is 0 Å². The van der Waals surface area contributed by atoms with Crippen molar-refractivity contribution in [2.75, 3.05) is 5.32 Å². The fourth-order valence-electron chi connectivity index (χ4n) is 1.19. The maximum atomic E-state index is 13.0. The zero-order valence-electron chi connectivity index (χ0n) is 8.16. The largest absolute Gasteiger partial charge is 0.362 e. The standard InChI is InChI=1S/C8H11FN5P/c1-2-4(15)12-7-5-6(11-3-10-5)13-8(9)14-7/h3-4H,2,15H2,1H3,(H2,10,11,12,13,14)/t4-/m1/s1. The zero-order valence-corrected chi connectivity index (χ0v) is 9.31. The highest BCUT2D eigenvalue weighted by Gasteiger charge is 2.10. The number of fused-ring (bicyclic) bond motifs is 1. The maximum Gasteiger partial charge on any atom is 0.312 e. The smallest absolute Gasteiger partial charge is 0.312 e. The predicted octanol–water partition coefficient (Wildman–Crippen LogP) is 1.52. The summed E-state index contributed by atoms with van der Waals surface area (Å²) in [7, 11) is 2.62. The highest BCUT2D eigenvalue weighted by atomic mass is 31.0. The SMILES string of the molecule is CC[C@@H](P)Nc1nc(F)nc2nc[nH]c12. The van der Waals surface area contributed by atoms with E-state index in [0.29, 0.717) is 17.0 Å². The minimum absolute atomic E-state index is 0.144. The van der Waals surface area contributed by atoms with Gasteiger partial charge in [0.25, 0.3) is 0 Å². The molecule has 0 bridgehead atoms. The molecule has 2 N–H and O–H groups in total. The van der Waals surface area contributed by atoms with Gasteiger partial charge in [0, 0.05) is 5.78 Å². The zero-order chi connectivity index (χ0) is 10.8. The first-order valence-corrected chi connectivity index (χ1v) is 5.26. The van der Waals surface area contributed by atoms with Crippen molar-refractivity contribution in [3.05, 3.63) is 12.4 Å². The summed E-state index contributed by atoms with van der Waals surface area (Å²) in [6.07, 6.45) is 1.59. The van der Waals surface area contributed by atoms with Gasteiger partial charge in [-0.05, 0) is 6.42 Å². The van der Waals surface area contributed by atoms with Gasteiger partial charge in [0.05, 0.1) is 6.33 Å². The van der Waals surface area contributed by atoms with Gasteiger partial charge in [-0.25, -0.2) is 4.98 Å². The molecular weight excluding hydrogens is 216 g/mol. The summed E-state index contributed by atoms with van der Waals surface area (Å²) < 4.78 is 13.0. The molecule has 2 atom stereocenters. The van der Waals surface area contributed by atoms with Gasteiger partial charge < -0.3 is 10.3 Å². The van der Waals surface area contributed by atoms with Crippen molar-refractivity contribution >= 4 is 26.2 Å². The normalized spacial score (nSPS) is 13.0. The Hall–Kier alpha value is -1.29. The number of halogens is 1. The van der Waals surface area contributed by atoms with Crippen molar-refractivity contribution in [2.24, 2.45) is 0 Å². The summed E-state index contributed by atoms with van der Waals surface area (Å²) >= 11 is 0. The summed E-state index contributed by atoms with van der Waals surface area (Å²) in [5.41, 5.74) is 0.954. The number of nitrogens with zero attached hydrogens (tertiary/aromatic N) is 3. The van der Waals surface area contributed by atoms with Gasteiger partial charge in [-0.15, -0.1) is 9.24 Å². The van der Waals surface area contributed by atoms with E-state index in [0.717, 1.165) is 6.42 Å². The number of imidazole rings is 1. The third kappa shape index (κ3) is 2.04. The second kappa shape index (κ2) is 4.06. The van der Waals surface area contributed by atoms with Gasteiger partial charge >= 0.3 is 6.08 Å². The van der Waals surface area contributed by atoms with Crippen LogP contribution in [0.25, 0.3) is 11.2 Å². The Labute approximate surface area is 88.1 Å². The first-order chi connectivity index (χ1) is 7.20. The molecule has 0 fully saturated rings. The molecule has 0 spiro atoms. The third-order valence-corrected chi connectivity index (χ3v) is 2.66. The van der Waals surface area contributed by atoms with Crippen LogP contribution in [0.5, 0.6) is 0 Å². The third-order valence-electron chi connectivity index (χ3n) is 2.02. The average Bonchev–Trinajstić information content (AvgIpc) is 2.65. The molecule has 0 aromatic carbocycles. The summed E-state index contributed by atoms with van der Waals surface area (Å²) in [5.74, 6) is 0.586. The number of aromatic nitrogens is 4. The molecule has 2 rings (SSSR count). The van der Waals surface area contributed by atoms with Crippen LogP contribution in [0.2, 0.25) is 0 Å². The molecule has 0 aliphatic carbocycles. The molecule has 15 heavy (non-hydrogen) atoms. The molecule has 7 heteroatoms. The second-order valence-corrected chi connectivity index (χ2v) is 3.91. The van der Waals surface area contributed by atoms with Crippen LogP contribution in [0.1, 0.15) is 13.3 Å². The monoisotopic (exact) mass is 227 g/mol. The van der Waals surface area contributed by atoms with Gasteiger partial charge in [-0.3, -0.25) is 0 Å². The number of anilines is 1. The van der Waals surface area contributed by atoms with Crippen LogP contribution >= 0.6 is 9.24 Å². The maximum absolute atomic E-state index is 13.0.